The Labute approximate surface area is 134 Å². The molecule has 2 aliphatic rings. The van der Waals surface area contributed by atoms with Gasteiger partial charge in [-0.3, -0.25) is 0 Å². The SMILES string of the molecule is COCc1c(Br)cccc1NC1CCC2(CC1)OCCO2. The lowest BCUT2D eigenvalue weighted by Gasteiger charge is -2.36. The summed E-state index contributed by atoms with van der Waals surface area (Å²) in [6.45, 7) is 2.08. The molecule has 2 fully saturated rings. The summed E-state index contributed by atoms with van der Waals surface area (Å²) in [4.78, 5) is 0. The molecule has 0 unspecified atom stereocenters. The Hall–Kier alpha value is -0.620. The molecule has 1 saturated heterocycles. The Kier molecular flexibility index (Phi) is 4.84. The first kappa shape index (κ1) is 15.3. The molecule has 1 aliphatic heterocycles. The molecule has 5 heteroatoms. The second-order valence-corrected chi connectivity index (χ2v) is 6.58. The fourth-order valence-electron chi connectivity index (χ4n) is 3.19. The van der Waals surface area contributed by atoms with Crippen molar-refractivity contribution in [2.45, 2.75) is 44.1 Å². The summed E-state index contributed by atoms with van der Waals surface area (Å²) < 4.78 is 18.0. The summed E-state index contributed by atoms with van der Waals surface area (Å²) in [5.41, 5.74) is 2.33. The van der Waals surface area contributed by atoms with Crippen molar-refractivity contribution in [3.8, 4) is 0 Å². The van der Waals surface area contributed by atoms with Crippen molar-refractivity contribution in [1.82, 2.24) is 0 Å². The highest BCUT2D eigenvalue weighted by Gasteiger charge is 2.40. The van der Waals surface area contributed by atoms with Crippen molar-refractivity contribution in [2.75, 3.05) is 25.6 Å². The minimum absolute atomic E-state index is 0.287. The molecule has 116 valence electrons. The van der Waals surface area contributed by atoms with Gasteiger partial charge in [-0.05, 0) is 25.0 Å². The zero-order valence-electron chi connectivity index (χ0n) is 12.4. The molecule has 1 aliphatic carbocycles. The maximum Gasteiger partial charge on any atom is 0.168 e. The van der Waals surface area contributed by atoms with Gasteiger partial charge in [0, 0.05) is 41.7 Å². The average molecular weight is 356 g/mol. The average Bonchev–Trinajstić information content (AvgIpc) is 2.94. The molecule has 3 rings (SSSR count). The molecule has 1 aromatic carbocycles. The molecule has 0 radical (unpaired) electrons. The first-order valence-corrected chi connectivity index (χ1v) is 8.32. The maximum absolute atomic E-state index is 5.78. The minimum Gasteiger partial charge on any atom is -0.382 e. The smallest absolute Gasteiger partial charge is 0.168 e. The van der Waals surface area contributed by atoms with E-state index in [1.54, 1.807) is 7.11 Å². The molecule has 1 N–H and O–H groups in total. The van der Waals surface area contributed by atoms with Crippen LogP contribution in [0.3, 0.4) is 0 Å². The van der Waals surface area contributed by atoms with E-state index in [4.69, 9.17) is 14.2 Å². The summed E-state index contributed by atoms with van der Waals surface area (Å²) in [7, 11) is 1.72. The molecule has 21 heavy (non-hydrogen) atoms. The highest BCUT2D eigenvalue weighted by atomic mass is 79.9. The number of anilines is 1. The van der Waals surface area contributed by atoms with E-state index in [0.29, 0.717) is 12.6 Å². The molecule has 1 heterocycles. The fraction of sp³-hybridized carbons (Fsp3) is 0.625. The predicted molar refractivity (Wildman–Crippen MR) is 85.4 cm³/mol. The number of benzene rings is 1. The van der Waals surface area contributed by atoms with Crippen molar-refractivity contribution in [3.63, 3.8) is 0 Å². The van der Waals surface area contributed by atoms with Gasteiger partial charge >= 0.3 is 0 Å². The first-order chi connectivity index (χ1) is 10.2. The molecular formula is C16H22BrNO3. The summed E-state index contributed by atoms with van der Waals surface area (Å²) in [5, 5.41) is 3.66. The molecule has 0 aromatic heterocycles. The van der Waals surface area contributed by atoms with Crippen LogP contribution in [0.1, 0.15) is 31.2 Å². The van der Waals surface area contributed by atoms with E-state index in [0.717, 1.165) is 49.1 Å². The van der Waals surface area contributed by atoms with E-state index in [9.17, 15) is 0 Å². The molecule has 1 spiro atoms. The molecule has 0 bridgehead atoms. The highest BCUT2D eigenvalue weighted by molar-refractivity contribution is 9.10. The van der Waals surface area contributed by atoms with Crippen molar-refractivity contribution in [2.24, 2.45) is 0 Å². The van der Waals surface area contributed by atoms with Crippen molar-refractivity contribution < 1.29 is 14.2 Å². The predicted octanol–water partition coefficient (Wildman–Crippen LogP) is 3.69. The molecule has 0 atom stereocenters. The van der Waals surface area contributed by atoms with E-state index >= 15 is 0 Å². The number of hydrogen-bond acceptors (Lipinski definition) is 4. The van der Waals surface area contributed by atoms with Gasteiger partial charge in [0.2, 0.25) is 0 Å². The largest absolute Gasteiger partial charge is 0.382 e. The maximum atomic E-state index is 5.78. The van der Waals surface area contributed by atoms with Crippen molar-refractivity contribution in [1.29, 1.82) is 0 Å². The highest BCUT2D eigenvalue weighted by Crippen LogP contribution is 2.37. The molecule has 0 amide bonds. The molecule has 4 nitrogen and oxygen atoms in total. The van der Waals surface area contributed by atoms with Crippen molar-refractivity contribution >= 4 is 21.6 Å². The van der Waals surface area contributed by atoms with Crippen LogP contribution in [-0.2, 0) is 20.8 Å². The molecule has 1 aromatic rings. The van der Waals surface area contributed by atoms with E-state index in [1.807, 2.05) is 0 Å². The van der Waals surface area contributed by atoms with Crippen LogP contribution in [-0.4, -0.2) is 32.2 Å². The van der Waals surface area contributed by atoms with Gasteiger partial charge in [0.25, 0.3) is 0 Å². The minimum atomic E-state index is -0.287. The topological polar surface area (TPSA) is 39.7 Å². The van der Waals surface area contributed by atoms with E-state index < -0.39 is 0 Å². The Morgan fingerprint density at radius 3 is 2.67 bits per heavy atom. The number of rotatable bonds is 4. The number of nitrogens with one attached hydrogen (secondary N) is 1. The number of ether oxygens (including phenoxy) is 3. The lowest BCUT2D eigenvalue weighted by Crippen LogP contribution is -2.39. The Morgan fingerprint density at radius 1 is 1.29 bits per heavy atom. The van der Waals surface area contributed by atoms with Gasteiger partial charge < -0.3 is 19.5 Å². The molecular weight excluding hydrogens is 334 g/mol. The summed E-state index contributed by atoms with van der Waals surface area (Å²) in [6, 6.07) is 6.69. The third kappa shape index (κ3) is 3.42. The third-order valence-electron chi connectivity index (χ3n) is 4.33. The van der Waals surface area contributed by atoms with Gasteiger partial charge in [-0.1, -0.05) is 22.0 Å². The van der Waals surface area contributed by atoms with Crippen LogP contribution in [0.4, 0.5) is 5.69 Å². The van der Waals surface area contributed by atoms with Gasteiger partial charge in [-0.2, -0.15) is 0 Å². The zero-order valence-corrected chi connectivity index (χ0v) is 13.9. The van der Waals surface area contributed by atoms with Crippen LogP contribution in [0.15, 0.2) is 22.7 Å². The summed E-state index contributed by atoms with van der Waals surface area (Å²) >= 11 is 3.60. The van der Waals surface area contributed by atoms with E-state index in [1.165, 1.54) is 5.56 Å². The van der Waals surface area contributed by atoms with Gasteiger partial charge in [-0.25, -0.2) is 0 Å². The number of hydrogen-bond donors (Lipinski definition) is 1. The first-order valence-electron chi connectivity index (χ1n) is 7.53. The van der Waals surface area contributed by atoms with Gasteiger partial charge in [0.15, 0.2) is 5.79 Å². The zero-order chi connectivity index (χ0) is 14.7. The Bertz CT molecular complexity index is 478. The van der Waals surface area contributed by atoms with Gasteiger partial charge in [0.05, 0.1) is 19.8 Å². The third-order valence-corrected chi connectivity index (χ3v) is 5.07. The van der Waals surface area contributed by atoms with Gasteiger partial charge in [0.1, 0.15) is 0 Å². The second kappa shape index (κ2) is 6.65. The van der Waals surface area contributed by atoms with Gasteiger partial charge in [-0.15, -0.1) is 0 Å². The van der Waals surface area contributed by atoms with Crippen LogP contribution >= 0.6 is 15.9 Å². The van der Waals surface area contributed by atoms with E-state index in [-0.39, 0.29) is 5.79 Å². The quantitative estimate of drug-likeness (QED) is 0.893. The number of methoxy groups -OCH3 is 1. The Balaban J connectivity index is 1.64. The monoisotopic (exact) mass is 355 g/mol. The second-order valence-electron chi connectivity index (χ2n) is 5.73. The molecule has 1 saturated carbocycles. The van der Waals surface area contributed by atoms with Crippen LogP contribution in [0.5, 0.6) is 0 Å². The number of halogens is 1. The summed E-state index contributed by atoms with van der Waals surface area (Å²) in [5.74, 6) is -0.287. The normalized spacial score (nSPS) is 21.8. The lowest BCUT2D eigenvalue weighted by molar-refractivity contribution is -0.177. The lowest BCUT2D eigenvalue weighted by atomic mass is 9.89. The van der Waals surface area contributed by atoms with Crippen LogP contribution < -0.4 is 5.32 Å². The Morgan fingerprint density at radius 2 is 2.00 bits per heavy atom. The van der Waals surface area contributed by atoms with Crippen LogP contribution in [0, 0.1) is 0 Å². The summed E-state index contributed by atoms with van der Waals surface area (Å²) in [6.07, 6.45) is 4.08. The van der Waals surface area contributed by atoms with Crippen molar-refractivity contribution in [3.05, 3.63) is 28.2 Å². The standard InChI is InChI=1S/C16H22BrNO3/c1-19-11-13-14(17)3-2-4-15(13)18-12-5-7-16(8-6-12)20-9-10-21-16/h2-4,12,18H,5-11H2,1H3. The van der Waals surface area contributed by atoms with Crippen LogP contribution in [0.25, 0.3) is 0 Å². The van der Waals surface area contributed by atoms with E-state index in [2.05, 4.69) is 39.4 Å². The van der Waals surface area contributed by atoms with Crippen LogP contribution in [0.2, 0.25) is 0 Å². The fourth-order valence-corrected chi connectivity index (χ4v) is 3.67.